The molecular formula is C22H24N2O2. The summed E-state index contributed by atoms with van der Waals surface area (Å²) in [7, 11) is 0. The van der Waals surface area contributed by atoms with Gasteiger partial charge in [0, 0.05) is 17.8 Å². The molecule has 0 atom stereocenters. The molecule has 1 aromatic heterocycles. The predicted octanol–water partition coefficient (Wildman–Crippen LogP) is 4.86. The van der Waals surface area contributed by atoms with Crippen molar-refractivity contribution in [2.45, 2.75) is 34.1 Å². The van der Waals surface area contributed by atoms with Crippen LogP contribution in [0.2, 0.25) is 0 Å². The smallest absolute Gasteiger partial charge is 0.233 e. The molecule has 1 heterocycles. The van der Waals surface area contributed by atoms with Crippen LogP contribution in [0.25, 0.3) is 11.5 Å². The second-order valence-electron chi connectivity index (χ2n) is 6.49. The Balaban J connectivity index is 1.85. The molecule has 4 heteroatoms. The van der Waals surface area contributed by atoms with E-state index in [4.69, 9.17) is 4.42 Å². The van der Waals surface area contributed by atoms with Crippen LogP contribution in [0.1, 0.15) is 29.5 Å². The number of carbonyl (C=O) groups excluding carboxylic acids is 1. The van der Waals surface area contributed by atoms with Crippen molar-refractivity contribution in [1.82, 2.24) is 4.98 Å². The van der Waals surface area contributed by atoms with E-state index in [1.807, 2.05) is 62.9 Å². The minimum Gasteiger partial charge on any atom is -0.441 e. The van der Waals surface area contributed by atoms with E-state index in [9.17, 15) is 4.79 Å². The topological polar surface area (TPSA) is 46.3 Å². The summed E-state index contributed by atoms with van der Waals surface area (Å²) in [5.41, 5.74) is 4.80. The standard InChI is InChI=1S/C22H24N2O2/c1-5-24(20-13-15(2)11-12-16(20)3)21(25)14-19-17(4)26-22(23-19)18-9-7-6-8-10-18/h6-13H,5,14H2,1-4H3. The summed E-state index contributed by atoms with van der Waals surface area (Å²) in [5.74, 6) is 1.27. The van der Waals surface area contributed by atoms with Crippen LogP contribution in [0.5, 0.6) is 0 Å². The molecule has 2 aromatic carbocycles. The number of hydrogen-bond donors (Lipinski definition) is 0. The van der Waals surface area contributed by atoms with E-state index in [2.05, 4.69) is 23.2 Å². The number of amides is 1. The molecule has 3 aromatic rings. The number of rotatable bonds is 5. The van der Waals surface area contributed by atoms with Gasteiger partial charge in [-0.15, -0.1) is 0 Å². The summed E-state index contributed by atoms with van der Waals surface area (Å²) in [5, 5.41) is 0. The molecule has 0 N–H and O–H groups in total. The highest BCUT2D eigenvalue weighted by molar-refractivity contribution is 5.95. The Morgan fingerprint density at radius 1 is 1.08 bits per heavy atom. The molecule has 0 bridgehead atoms. The first kappa shape index (κ1) is 17.9. The predicted molar refractivity (Wildman–Crippen MR) is 104 cm³/mol. The maximum atomic E-state index is 12.9. The third-order valence-electron chi connectivity index (χ3n) is 4.50. The van der Waals surface area contributed by atoms with Gasteiger partial charge < -0.3 is 9.32 Å². The molecule has 1 amide bonds. The molecule has 0 saturated carbocycles. The van der Waals surface area contributed by atoms with Crippen molar-refractivity contribution >= 4 is 11.6 Å². The summed E-state index contributed by atoms with van der Waals surface area (Å²) in [6.45, 7) is 8.53. The van der Waals surface area contributed by atoms with Crippen molar-refractivity contribution < 1.29 is 9.21 Å². The Morgan fingerprint density at radius 3 is 2.50 bits per heavy atom. The quantitative estimate of drug-likeness (QED) is 0.661. The molecule has 134 valence electrons. The van der Waals surface area contributed by atoms with Gasteiger partial charge >= 0.3 is 0 Å². The van der Waals surface area contributed by atoms with Gasteiger partial charge in [0.15, 0.2) is 0 Å². The molecule has 0 aliphatic heterocycles. The molecule has 0 aliphatic rings. The van der Waals surface area contributed by atoms with Crippen molar-refractivity contribution in [3.8, 4) is 11.5 Å². The monoisotopic (exact) mass is 348 g/mol. The lowest BCUT2D eigenvalue weighted by Gasteiger charge is -2.23. The Hall–Kier alpha value is -2.88. The fraction of sp³-hybridized carbons (Fsp3) is 0.273. The zero-order valence-electron chi connectivity index (χ0n) is 15.7. The first-order valence-corrected chi connectivity index (χ1v) is 8.89. The Morgan fingerprint density at radius 2 is 1.81 bits per heavy atom. The second kappa shape index (κ2) is 7.56. The molecule has 4 nitrogen and oxygen atoms in total. The SMILES string of the molecule is CCN(C(=O)Cc1nc(-c2ccccc2)oc1C)c1cc(C)ccc1C. The summed E-state index contributed by atoms with van der Waals surface area (Å²) >= 11 is 0. The van der Waals surface area contributed by atoms with Gasteiger partial charge in [-0.25, -0.2) is 4.98 Å². The van der Waals surface area contributed by atoms with Crippen LogP contribution in [0.4, 0.5) is 5.69 Å². The van der Waals surface area contributed by atoms with E-state index in [1.54, 1.807) is 0 Å². The minimum atomic E-state index is 0.0252. The van der Waals surface area contributed by atoms with Crippen LogP contribution in [-0.2, 0) is 11.2 Å². The highest BCUT2D eigenvalue weighted by atomic mass is 16.4. The van der Waals surface area contributed by atoms with E-state index < -0.39 is 0 Å². The van der Waals surface area contributed by atoms with Gasteiger partial charge in [0.2, 0.25) is 11.8 Å². The number of carbonyl (C=O) groups is 1. The lowest BCUT2D eigenvalue weighted by atomic mass is 10.1. The normalized spacial score (nSPS) is 10.8. The minimum absolute atomic E-state index is 0.0252. The third-order valence-corrected chi connectivity index (χ3v) is 4.50. The maximum absolute atomic E-state index is 12.9. The van der Waals surface area contributed by atoms with Gasteiger partial charge in [-0.1, -0.05) is 30.3 Å². The van der Waals surface area contributed by atoms with Crippen LogP contribution < -0.4 is 4.90 Å². The van der Waals surface area contributed by atoms with Crippen LogP contribution in [0.3, 0.4) is 0 Å². The van der Waals surface area contributed by atoms with E-state index in [0.29, 0.717) is 23.9 Å². The Kier molecular flexibility index (Phi) is 5.21. The zero-order valence-corrected chi connectivity index (χ0v) is 15.7. The molecular weight excluding hydrogens is 324 g/mol. The third kappa shape index (κ3) is 3.69. The lowest BCUT2D eigenvalue weighted by molar-refractivity contribution is -0.118. The molecule has 3 rings (SSSR count). The van der Waals surface area contributed by atoms with Crippen LogP contribution in [0.15, 0.2) is 52.9 Å². The van der Waals surface area contributed by atoms with E-state index in [1.165, 1.54) is 0 Å². The highest BCUT2D eigenvalue weighted by Crippen LogP contribution is 2.25. The molecule has 0 fully saturated rings. The van der Waals surface area contributed by atoms with Crippen molar-refractivity contribution in [3.63, 3.8) is 0 Å². The number of likely N-dealkylation sites (N-methyl/N-ethyl adjacent to an activating group) is 1. The fourth-order valence-electron chi connectivity index (χ4n) is 3.03. The first-order chi connectivity index (χ1) is 12.5. The lowest BCUT2D eigenvalue weighted by Crippen LogP contribution is -2.32. The number of aryl methyl sites for hydroxylation is 3. The molecule has 0 spiro atoms. The van der Waals surface area contributed by atoms with E-state index in [-0.39, 0.29) is 12.3 Å². The number of aromatic nitrogens is 1. The molecule has 0 aliphatic carbocycles. The summed E-state index contributed by atoms with van der Waals surface area (Å²) in [6.07, 6.45) is 0.226. The van der Waals surface area contributed by atoms with E-state index >= 15 is 0 Å². The Bertz CT molecular complexity index is 913. The van der Waals surface area contributed by atoms with Gasteiger partial charge in [-0.2, -0.15) is 0 Å². The van der Waals surface area contributed by atoms with Crippen LogP contribution >= 0.6 is 0 Å². The first-order valence-electron chi connectivity index (χ1n) is 8.89. The van der Waals surface area contributed by atoms with Crippen molar-refractivity contribution in [2.24, 2.45) is 0 Å². The van der Waals surface area contributed by atoms with Gasteiger partial charge in [0.05, 0.1) is 12.1 Å². The largest absolute Gasteiger partial charge is 0.441 e. The molecule has 0 saturated heterocycles. The average Bonchev–Trinajstić information content (AvgIpc) is 3.00. The number of oxazole rings is 1. The van der Waals surface area contributed by atoms with Crippen molar-refractivity contribution in [1.29, 1.82) is 0 Å². The van der Waals surface area contributed by atoms with Gasteiger partial charge in [0.25, 0.3) is 0 Å². The number of anilines is 1. The zero-order chi connectivity index (χ0) is 18.7. The summed E-state index contributed by atoms with van der Waals surface area (Å²) < 4.78 is 5.78. The average molecular weight is 348 g/mol. The number of nitrogens with zero attached hydrogens (tertiary/aromatic N) is 2. The van der Waals surface area contributed by atoms with Gasteiger partial charge in [0.1, 0.15) is 5.76 Å². The van der Waals surface area contributed by atoms with Crippen molar-refractivity contribution in [3.05, 3.63) is 71.1 Å². The van der Waals surface area contributed by atoms with Crippen LogP contribution in [0, 0.1) is 20.8 Å². The van der Waals surface area contributed by atoms with Crippen LogP contribution in [-0.4, -0.2) is 17.4 Å². The maximum Gasteiger partial charge on any atom is 0.233 e. The molecule has 0 unspecified atom stereocenters. The number of hydrogen-bond acceptors (Lipinski definition) is 3. The van der Waals surface area contributed by atoms with E-state index in [0.717, 1.165) is 22.4 Å². The number of benzene rings is 2. The van der Waals surface area contributed by atoms with Gasteiger partial charge in [-0.05, 0) is 57.0 Å². The molecule has 26 heavy (non-hydrogen) atoms. The van der Waals surface area contributed by atoms with Crippen molar-refractivity contribution in [2.75, 3.05) is 11.4 Å². The highest BCUT2D eigenvalue weighted by Gasteiger charge is 2.20. The Labute approximate surface area is 154 Å². The molecule has 0 radical (unpaired) electrons. The van der Waals surface area contributed by atoms with Gasteiger partial charge in [-0.3, -0.25) is 4.79 Å². The second-order valence-corrected chi connectivity index (χ2v) is 6.49. The summed E-state index contributed by atoms with van der Waals surface area (Å²) in [6, 6.07) is 15.9. The fourth-order valence-corrected chi connectivity index (χ4v) is 3.03. The summed E-state index contributed by atoms with van der Waals surface area (Å²) in [4.78, 5) is 19.3.